The van der Waals surface area contributed by atoms with E-state index in [1.165, 1.54) is 0 Å². The summed E-state index contributed by atoms with van der Waals surface area (Å²) >= 11 is 0. The first kappa shape index (κ1) is 12.2. The number of rotatable bonds is 5. The van der Waals surface area contributed by atoms with Crippen molar-refractivity contribution in [3.8, 4) is 0 Å². The average molecular weight is 211 g/mol. The zero-order valence-corrected chi connectivity index (χ0v) is 9.60. The second-order valence-corrected chi connectivity index (χ2v) is 4.39. The van der Waals surface area contributed by atoms with E-state index >= 15 is 0 Å². The molecule has 3 N–H and O–H groups in total. The van der Waals surface area contributed by atoms with Gasteiger partial charge in [0.2, 0.25) is 5.91 Å². The zero-order chi connectivity index (χ0) is 11.3. The molecule has 0 bridgehead atoms. The Kier molecular flexibility index (Phi) is 4.29. The quantitative estimate of drug-likeness (QED) is 0.562. The van der Waals surface area contributed by atoms with Crippen molar-refractivity contribution < 1.29 is 4.79 Å². The van der Waals surface area contributed by atoms with E-state index in [4.69, 9.17) is 0 Å². The number of nitrogens with one attached hydrogen (secondary N) is 3. The number of carbonyl (C=O) groups is 1. The SMILES string of the molecule is C=CCNC(=O)C(C)NC1(C)CCNC1. The molecule has 1 amide bonds. The molecule has 1 rings (SSSR count). The Morgan fingerprint density at radius 1 is 1.73 bits per heavy atom. The van der Waals surface area contributed by atoms with Crippen molar-refractivity contribution in [1.29, 1.82) is 0 Å². The van der Waals surface area contributed by atoms with Gasteiger partial charge in [0.25, 0.3) is 0 Å². The van der Waals surface area contributed by atoms with E-state index < -0.39 is 0 Å². The summed E-state index contributed by atoms with van der Waals surface area (Å²) in [6.45, 7) is 10.1. The van der Waals surface area contributed by atoms with Gasteiger partial charge in [-0.25, -0.2) is 0 Å². The second kappa shape index (κ2) is 5.28. The van der Waals surface area contributed by atoms with Crippen molar-refractivity contribution in [1.82, 2.24) is 16.0 Å². The highest BCUT2D eigenvalue weighted by molar-refractivity contribution is 5.81. The van der Waals surface area contributed by atoms with Crippen molar-refractivity contribution in [2.75, 3.05) is 19.6 Å². The minimum absolute atomic E-state index is 0.0306. The Morgan fingerprint density at radius 3 is 3.00 bits per heavy atom. The maximum atomic E-state index is 11.6. The van der Waals surface area contributed by atoms with Crippen LogP contribution in [0.5, 0.6) is 0 Å². The summed E-state index contributed by atoms with van der Waals surface area (Å²) in [7, 11) is 0. The van der Waals surface area contributed by atoms with Crippen LogP contribution in [0.15, 0.2) is 12.7 Å². The fourth-order valence-electron chi connectivity index (χ4n) is 1.85. The third kappa shape index (κ3) is 3.64. The second-order valence-electron chi connectivity index (χ2n) is 4.39. The summed E-state index contributed by atoms with van der Waals surface area (Å²) in [5.41, 5.74) is 0.0466. The molecule has 0 aliphatic carbocycles. The van der Waals surface area contributed by atoms with E-state index in [0.717, 1.165) is 19.5 Å². The summed E-state index contributed by atoms with van der Waals surface area (Å²) < 4.78 is 0. The number of carbonyl (C=O) groups excluding carboxylic acids is 1. The minimum Gasteiger partial charge on any atom is -0.351 e. The van der Waals surface area contributed by atoms with Crippen LogP contribution in [0.25, 0.3) is 0 Å². The Balaban J connectivity index is 2.36. The van der Waals surface area contributed by atoms with Crippen molar-refractivity contribution in [2.45, 2.75) is 31.8 Å². The number of amides is 1. The fourth-order valence-corrected chi connectivity index (χ4v) is 1.85. The molecule has 4 nitrogen and oxygen atoms in total. The van der Waals surface area contributed by atoms with Crippen molar-refractivity contribution in [2.24, 2.45) is 0 Å². The van der Waals surface area contributed by atoms with Gasteiger partial charge in [-0.1, -0.05) is 6.08 Å². The molecule has 86 valence electrons. The van der Waals surface area contributed by atoms with Gasteiger partial charge in [0.1, 0.15) is 0 Å². The predicted octanol–water partition coefficient (Wildman–Crippen LogP) is 0.0187. The van der Waals surface area contributed by atoms with Crippen LogP contribution in [0, 0.1) is 0 Å². The molecule has 1 aliphatic rings. The lowest BCUT2D eigenvalue weighted by Gasteiger charge is -2.28. The molecule has 0 aromatic rings. The van der Waals surface area contributed by atoms with Crippen LogP contribution in [0.4, 0.5) is 0 Å². The number of hydrogen-bond acceptors (Lipinski definition) is 3. The fraction of sp³-hybridized carbons (Fsp3) is 0.727. The van der Waals surface area contributed by atoms with E-state index in [1.807, 2.05) is 6.92 Å². The highest BCUT2D eigenvalue weighted by Gasteiger charge is 2.31. The van der Waals surface area contributed by atoms with Crippen molar-refractivity contribution >= 4 is 5.91 Å². The molecule has 4 heteroatoms. The highest BCUT2D eigenvalue weighted by Crippen LogP contribution is 2.13. The first-order valence-electron chi connectivity index (χ1n) is 5.44. The topological polar surface area (TPSA) is 53.2 Å². The Morgan fingerprint density at radius 2 is 2.47 bits per heavy atom. The Hall–Kier alpha value is -0.870. The third-order valence-corrected chi connectivity index (χ3v) is 2.75. The lowest BCUT2D eigenvalue weighted by atomic mass is 10.0. The molecule has 0 saturated carbocycles. The molecule has 0 aromatic carbocycles. The van der Waals surface area contributed by atoms with Crippen LogP contribution in [0.3, 0.4) is 0 Å². The van der Waals surface area contributed by atoms with Crippen LogP contribution < -0.4 is 16.0 Å². The van der Waals surface area contributed by atoms with Crippen LogP contribution in [0.2, 0.25) is 0 Å². The normalized spacial score (nSPS) is 27.3. The summed E-state index contributed by atoms with van der Waals surface area (Å²) in [4.78, 5) is 11.6. The summed E-state index contributed by atoms with van der Waals surface area (Å²) in [6.07, 6.45) is 2.75. The molecule has 0 spiro atoms. The maximum Gasteiger partial charge on any atom is 0.237 e. The molecule has 0 radical (unpaired) electrons. The van der Waals surface area contributed by atoms with Gasteiger partial charge < -0.3 is 10.6 Å². The molecule has 1 heterocycles. The Labute approximate surface area is 91.5 Å². The van der Waals surface area contributed by atoms with Crippen molar-refractivity contribution in [3.05, 3.63) is 12.7 Å². The van der Waals surface area contributed by atoms with Gasteiger partial charge in [-0.05, 0) is 26.8 Å². The molecular formula is C11H21N3O. The zero-order valence-electron chi connectivity index (χ0n) is 9.60. The lowest BCUT2D eigenvalue weighted by Crippen LogP contribution is -2.54. The largest absolute Gasteiger partial charge is 0.351 e. The van der Waals surface area contributed by atoms with Crippen molar-refractivity contribution in [3.63, 3.8) is 0 Å². The monoisotopic (exact) mass is 211 g/mol. The molecule has 1 aliphatic heterocycles. The van der Waals surface area contributed by atoms with Gasteiger partial charge in [-0.2, -0.15) is 0 Å². The van der Waals surface area contributed by atoms with E-state index in [0.29, 0.717) is 6.54 Å². The molecule has 2 unspecified atom stereocenters. The van der Waals surface area contributed by atoms with Crippen LogP contribution in [0.1, 0.15) is 20.3 Å². The van der Waals surface area contributed by atoms with E-state index in [2.05, 4.69) is 29.5 Å². The molecule has 2 atom stereocenters. The predicted molar refractivity (Wildman–Crippen MR) is 61.7 cm³/mol. The minimum atomic E-state index is -0.158. The lowest BCUT2D eigenvalue weighted by molar-refractivity contribution is -0.123. The van der Waals surface area contributed by atoms with Gasteiger partial charge >= 0.3 is 0 Å². The van der Waals surface area contributed by atoms with E-state index in [1.54, 1.807) is 6.08 Å². The number of hydrogen-bond donors (Lipinski definition) is 3. The third-order valence-electron chi connectivity index (χ3n) is 2.75. The maximum absolute atomic E-state index is 11.6. The molecule has 0 aromatic heterocycles. The molecule has 1 fully saturated rings. The van der Waals surface area contributed by atoms with E-state index in [9.17, 15) is 4.79 Å². The van der Waals surface area contributed by atoms with Gasteiger partial charge in [0, 0.05) is 18.6 Å². The first-order chi connectivity index (χ1) is 7.07. The molecule has 1 saturated heterocycles. The first-order valence-corrected chi connectivity index (χ1v) is 5.44. The summed E-state index contributed by atoms with van der Waals surface area (Å²) in [5.74, 6) is 0.0306. The molecular weight excluding hydrogens is 190 g/mol. The van der Waals surface area contributed by atoms with Crippen LogP contribution >= 0.6 is 0 Å². The standard InChI is InChI=1S/C11H21N3O/c1-4-6-13-10(15)9(2)14-11(3)5-7-12-8-11/h4,9,12,14H,1,5-8H2,2-3H3,(H,13,15). The van der Waals surface area contributed by atoms with Gasteiger partial charge in [0.05, 0.1) is 6.04 Å². The van der Waals surface area contributed by atoms with Crippen LogP contribution in [-0.2, 0) is 4.79 Å². The highest BCUT2D eigenvalue weighted by atomic mass is 16.2. The summed E-state index contributed by atoms with van der Waals surface area (Å²) in [6, 6.07) is -0.158. The molecule has 15 heavy (non-hydrogen) atoms. The van der Waals surface area contributed by atoms with E-state index in [-0.39, 0.29) is 17.5 Å². The Bertz CT molecular complexity index is 234. The van der Waals surface area contributed by atoms with Gasteiger partial charge in [0.15, 0.2) is 0 Å². The smallest absolute Gasteiger partial charge is 0.237 e. The summed E-state index contributed by atoms with van der Waals surface area (Å²) in [5, 5.41) is 9.43. The van der Waals surface area contributed by atoms with Gasteiger partial charge in [-0.3, -0.25) is 10.1 Å². The van der Waals surface area contributed by atoms with Gasteiger partial charge in [-0.15, -0.1) is 6.58 Å². The van der Waals surface area contributed by atoms with Crippen LogP contribution in [-0.4, -0.2) is 37.1 Å². The average Bonchev–Trinajstić information content (AvgIpc) is 2.61.